The standard InChI is InChI=1S/C12H18FN4O2P/c1-12(2)7-15-20(19,16-8-12)17(11(14)18)10-6-4-3-5-9(10)13/h3-6H,7-8H2,1-2H3,(H2,14,18)(H2,15,16,19). The smallest absolute Gasteiger partial charge is 0.326 e. The molecule has 4 N–H and O–H groups in total. The lowest BCUT2D eigenvalue weighted by molar-refractivity contribution is 0.256. The van der Waals surface area contributed by atoms with E-state index >= 15 is 0 Å². The van der Waals surface area contributed by atoms with Crippen LogP contribution in [-0.4, -0.2) is 19.1 Å². The molecule has 6 nitrogen and oxygen atoms in total. The molecule has 1 aromatic carbocycles. The molecule has 0 aliphatic carbocycles. The molecule has 1 heterocycles. The van der Waals surface area contributed by atoms with Crippen LogP contribution in [0.15, 0.2) is 24.3 Å². The van der Waals surface area contributed by atoms with E-state index in [1.165, 1.54) is 18.2 Å². The van der Waals surface area contributed by atoms with Gasteiger partial charge in [-0.1, -0.05) is 26.0 Å². The molecule has 0 unspecified atom stereocenters. The van der Waals surface area contributed by atoms with Gasteiger partial charge in [-0.25, -0.2) is 24.0 Å². The number of benzene rings is 1. The molecule has 0 spiro atoms. The lowest BCUT2D eigenvalue weighted by Gasteiger charge is -2.40. The van der Waals surface area contributed by atoms with Crippen molar-refractivity contribution in [1.29, 1.82) is 0 Å². The monoisotopic (exact) mass is 300 g/mol. The average molecular weight is 300 g/mol. The fourth-order valence-electron chi connectivity index (χ4n) is 1.93. The molecule has 0 aromatic heterocycles. The Morgan fingerprint density at radius 2 is 1.90 bits per heavy atom. The molecule has 1 saturated heterocycles. The van der Waals surface area contributed by atoms with Crippen molar-refractivity contribution < 1.29 is 13.8 Å². The number of hydrogen-bond acceptors (Lipinski definition) is 2. The van der Waals surface area contributed by atoms with Gasteiger partial charge in [0.1, 0.15) is 5.82 Å². The van der Waals surface area contributed by atoms with Crippen molar-refractivity contribution in [3.63, 3.8) is 0 Å². The molecule has 0 atom stereocenters. The number of nitrogens with one attached hydrogen (secondary N) is 2. The molecular weight excluding hydrogens is 282 g/mol. The minimum atomic E-state index is -3.49. The summed E-state index contributed by atoms with van der Waals surface area (Å²) in [5.74, 6) is -0.657. The van der Waals surface area contributed by atoms with E-state index in [0.717, 1.165) is 4.67 Å². The molecule has 2 rings (SSSR count). The number of carbonyl (C=O) groups excluding carboxylic acids is 1. The van der Waals surface area contributed by atoms with Crippen LogP contribution in [0.1, 0.15) is 13.8 Å². The minimum absolute atomic E-state index is 0.108. The van der Waals surface area contributed by atoms with E-state index in [1.807, 2.05) is 13.8 Å². The maximum atomic E-state index is 13.9. The highest BCUT2D eigenvalue weighted by Gasteiger charge is 2.41. The first-order valence-corrected chi connectivity index (χ1v) is 7.86. The van der Waals surface area contributed by atoms with Crippen LogP contribution < -0.4 is 20.6 Å². The lowest BCUT2D eigenvalue weighted by Crippen LogP contribution is -2.51. The van der Waals surface area contributed by atoms with Crippen LogP contribution in [0.3, 0.4) is 0 Å². The summed E-state index contributed by atoms with van der Waals surface area (Å²) in [4.78, 5) is 11.6. The fraction of sp³-hybridized carbons (Fsp3) is 0.417. The Labute approximate surface area is 117 Å². The van der Waals surface area contributed by atoms with Gasteiger partial charge < -0.3 is 5.73 Å². The Balaban J connectivity index is 2.38. The number of carbonyl (C=O) groups is 1. The van der Waals surface area contributed by atoms with Crippen LogP contribution in [0.2, 0.25) is 0 Å². The third kappa shape index (κ3) is 2.85. The molecule has 1 aliphatic rings. The maximum Gasteiger partial charge on any atom is 0.326 e. The summed E-state index contributed by atoms with van der Waals surface area (Å²) < 4.78 is 27.5. The van der Waals surface area contributed by atoms with E-state index in [9.17, 15) is 13.8 Å². The number of urea groups is 1. The predicted molar refractivity (Wildman–Crippen MR) is 75.9 cm³/mol. The normalized spacial score (nSPS) is 20.4. The summed E-state index contributed by atoms with van der Waals surface area (Å²) in [6.45, 7) is 4.81. The third-order valence-electron chi connectivity index (χ3n) is 3.11. The van der Waals surface area contributed by atoms with Gasteiger partial charge in [0.25, 0.3) is 0 Å². The van der Waals surface area contributed by atoms with E-state index in [2.05, 4.69) is 10.2 Å². The Morgan fingerprint density at radius 3 is 2.40 bits per heavy atom. The Bertz CT molecular complexity index is 564. The highest BCUT2D eigenvalue weighted by atomic mass is 31.2. The Hall–Kier alpha value is -1.43. The topological polar surface area (TPSA) is 87.5 Å². The highest BCUT2D eigenvalue weighted by molar-refractivity contribution is 7.62. The van der Waals surface area contributed by atoms with Gasteiger partial charge in [0, 0.05) is 13.1 Å². The lowest BCUT2D eigenvalue weighted by atomic mass is 9.94. The maximum absolute atomic E-state index is 13.9. The van der Waals surface area contributed by atoms with Crippen molar-refractivity contribution in [3.8, 4) is 0 Å². The number of hydrogen-bond donors (Lipinski definition) is 3. The number of para-hydroxylation sites is 1. The van der Waals surface area contributed by atoms with Gasteiger partial charge in [0.2, 0.25) is 0 Å². The highest BCUT2D eigenvalue weighted by Crippen LogP contribution is 2.48. The van der Waals surface area contributed by atoms with E-state index in [1.54, 1.807) is 6.07 Å². The Kier molecular flexibility index (Phi) is 3.86. The first kappa shape index (κ1) is 15.0. The summed E-state index contributed by atoms with van der Waals surface area (Å²) >= 11 is 0. The zero-order valence-corrected chi connectivity index (χ0v) is 12.3. The number of rotatable bonds is 2. The SMILES string of the molecule is CC1(C)CNP(=O)(N(C(N)=O)c2ccccc2F)NC1. The zero-order valence-electron chi connectivity index (χ0n) is 11.4. The van der Waals surface area contributed by atoms with Crippen LogP contribution in [-0.2, 0) is 4.57 Å². The van der Waals surface area contributed by atoms with E-state index in [4.69, 9.17) is 5.73 Å². The molecule has 20 heavy (non-hydrogen) atoms. The van der Waals surface area contributed by atoms with Gasteiger partial charge in [0.15, 0.2) is 0 Å². The summed E-state index contributed by atoms with van der Waals surface area (Å²) in [7, 11) is -3.49. The molecule has 0 bridgehead atoms. The number of amides is 2. The van der Waals surface area contributed by atoms with Gasteiger partial charge in [-0.3, -0.25) is 4.57 Å². The van der Waals surface area contributed by atoms with Crippen LogP contribution in [0.5, 0.6) is 0 Å². The first-order chi connectivity index (χ1) is 9.25. The number of primary amides is 1. The third-order valence-corrected chi connectivity index (χ3v) is 5.26. The molecule has 0 radical (unpaired) electrons. The summed E-state index contributed by atoms with van der Waals surface area (Å²) in [6, 6.07) is 4.61. The molecule has 2 amide bonds. The van der Waals surface area contributed by atoms with Gasteiger partial charge in [-0.05, 0) is 17.5 Å². The molecule has 1 aliphatic heterocycles. The van der Waals surface area contributed by atoms with Gasteiger partial charge in [-0.2, -0.15) is 0 Å². The van der Waals surface area contributed by atoms with Crippen LogP contribution >= 0.6 is 7.59 Å². The van der Waals surface area contributed by atoms with E-state index < -0.39 is 19.4 Å². The molecule has 110 valence electrons. The first-order valence-electron chi connectivity index (χ1n) is 6.20. The number of nitrogens with zero attached hydrogens (tertiary/aromatic N) is 1. The molecule has 8 heteroatoms. The van der Waals surface area contributed by atoms with E-state index in [-0.39, 0.29) is 11.1 Å². The number of halogens is 1. The fourth-order valence-corrected chi connectivity index (χ4v) is 4.36. The van der Waals surface area contributed by atoms with Crippen LogP contribution in [0.25, 0.3) is 0 Å². The Morgan fingerprint density at radius 1 is 1.35 bits per heavy atom. The summed E-state index contributed by atoms with van der Waals surface area (Å²) in [6.07, 6.45) is 0. The molecule has 0 saturated carbocycles. The van der Waals surface area contributed by atoms with Crippen molar-refractivity contribution in [1.82, 2.24) is 10.2 Å². The van der Waals surface area contributed by atoms with Crippen molar-refractivity contribution in [3.05, 3.63) is 30.1 Å². The largest absolute Gasteiger partial charge is 0.351 e. The van der Waals surface area contributed by atoms with Crippen molar-refractivity contribution in [2.24, 2.45) is 11.1 Å². The average Bonchev–Trinajstić information content (AvgIpc) is 2.36. The van der Waals surface area contributed by atoms with Crippen molar-refractivity contribution >= 4 is 19.3 Å². The van der Waals surface area contributed by atoms with Gasteiger partial charge in [-0.15, -0.1) is 0 Å². The van der Waals surface area contributed by atoms with Gasteiger partial charge >= 0.3 is 13.6 Å². The predicted octanol–water partition coefficient (Wildman–Crippen LogP) is 2.04. The molecule has 1 fully saturated rings. The van der Waals surface area contributed by atoms with Crippen LogP contribution in [0.4, 0.5) is 14.9 Å². The van der Waals surface area contributed by atoms with E-state index in [0.29, 0.717) is 13.1 Å². The minimum Gasteiger partial charge on any atom is -0.351 e. The van der Waals surface area contributed by atoms with Gasteiger partial charge in [0.05, 0.1) is 5.69 Å². The second kappa shape index (κ2) is 5.16. The number of anilines is 1. The second-order valence-corrected chi connectivity index (χ2v) is 7.70. The van der Waals surface area contributed by atoms with Crippen molar-refractivity contribution in [2.75, 3.05) is 17.8 Å². The second-order valence-electron chi connectivity index (χ2n) is 5.51. The summed E-state index contributed by atoms with van der Waals surface area (Å²) in [5.41, 5.74) is 5.06. The summed E-state index contributed by atoms with van der Waals surface area (Å²) in [5, 5.41) is 5.59. The number of nitrogens with two attached hydrogens (primary N) is 1. The molecule has 1 aromatic rings. The molecular formula is C12H18FN4O2P. The quantitative estimate of drug-likeness (QED) is 0.729. The zero-order chi connectivity index (χ0) is 15.0. The van der Waals surface area contributed by atoms with Crippen molar-refractivity contribution in [2.45, 2.75) is 13.8 Å². The van der Waals surface area contributed by atoms with Crippen LogP contribution in [0, 0.1) is 11.2 Å².